The van der Waals surface area contributed by atoms with Gasteiger partial charge in [0.2, 0.25) is 0 Å². The summed E-state index contributed by atoms with van der Waals surface area (Å²) in [7, 11) is 1.67. The van der Waals surface area contributed by atoms with Crippen molar-refractivity contribution in [2.24, 2.45) is 0 Å². The number of methoxy groups -OCH3 is 1. The lowest BCUT2D eigenvalue weighted by atomic mass is 9.98. The molecule has 0 fully saturated rings. The molecule has 1 heterocycles. The number of benzene rings is 3. The van der Waals surface area contributed by atoms with Gasteiger partial charge >= 0.3 is 5.97 Å². The van der Waals surface area contributed by atoms with Crippen molar-refractivity contribution in [2.45, 2.75) is 13.0 Å². The van der Waals surface area contributed by atoms with Gasteiger partial charge in [-0.2, -0.15) is 0 Å². The zero-order valence-corrected chi connectivity index (χ0v) is 16.9. The molecule has 0 saturated heterocycles. The summed E-state index contributed by atoms with van der Waals surface area (Å²) in [6.07, 6.45) is 3.33. The highest BCUT2D eigenvalue weighted by Crippen LogP contribution is 2.32. The van der Waals surface area contributed by atoms with Gasteiger partial charge in [-0.1, -0.05) is 48.5 Å². The molecule has 3 aromatic carbocycles. The Kier molecular flexibility index (Phi) is 5.40. The molecule has 30 heavy (non-hydrogen) atoms. The van der Waals surface area contributed by atoms with Gasteiger partial charge < -0.3 is 14.4 Å². The predicted molar refractivity (Wildman–Crippen MR) is 120 cm³/mol. The van der Waals surface area contributed by atoms with Crippen LogP contribution in [0.1, 0.15) is 29.7 Å². The van der Waals surface area contributed by atoms with Crippen LogP contribution < -0.4 is 4.74 Å². The quantitative estimate of drug-likeness (QED) is 0.420. The van der Waals surface area contributed by atoms with Crippen LogP contribution in [-0.2, 0) is 4.79 Å². The monoisotopic (exact) mass is 397 g/mol. The number of ether oxygens (including phenoxy) is 1. The molecular weight excluding hydrogens is 374 g/mol. The minimum Gasteiger partial charge on any atom is -0.497 e. The number of hydrogen-bond donors (Lipinski definition) is 1. The van der Waals surface area contributed by atoms with Gasteiger partial charge in [-0.3, -0.25) is 0 Å². The van der Waals surface area contributed by atoms with Gasteiger partial charge in [0.1, 0.15) is 5.75 Å². The molecule has 1 N–H and O–H groups in total. The molecule has 4 nitrogen and oxygen atoms in total. The smallest absolute Gasteiger partial charge is 0.328 e. The molecule has 0 aliphatic heterocycles. The molecule has 0 aliphatic rings. The summed E-state index contributed by atoms with van der Waals surface area (Å²) in [5.74, 6) is -0.109. The van der Waals surface area contributed by atoms with Crippen molar-refractivity contribution in [3.05, 3.63) is 108 Å². The number of carboxylic acid groups (broad SMARTS) is 1. The van der Waals surface area contributed by atoms with Gasteiger partial charge in [-0.05, 0) is 59.5 Å². The Morgan fingerprint density at radius 3 is 2.33 bits per heavy atom. The van der Waals surface area contributed by atoms with E-state index in [9.17, 15) is 4.79 Å². The summed E-state index contributed by atoms with van der Waals surface area (Å²) in [6.45, 7) is 1.82. The topological polar surface area (TPSA) is 51.5 Å². The van der Waals surface area contributed by atoms with Crippen molar-refractivity contribution >= 4 is 22.4 Å². The highest BCUT2D eigenvalue weighted by molar-refractivity contribution is 5.92. The minimum atomic E-state index is -0.936. The lowest BCUT2D eigenvalue weighted by Crippen LogP contribution is -2.11. The average molecular weight is 397 g/mol. The second kappa shape index (κ2) is 8.29. The second-order valence-corrected chi connectivity index (χ2v) is 7.25. The van der Waals surface area contributed by atoms with Crippen molar-refractivity contribution in [1.29, 1.82) is 0 Å². The van der Waals surface area contributed by atoms with Gasteiger partial charge in [-0.15, -0.1) is 0 Å². The third kappa shape index (κ3) is 3.85. The summed E-state index contributed by atoms with van der Waals surface area (Å²) in [5, 5.41) is 10.1. The summed E-state index contributed by atoms with van der Waals surface area (Å²) in [6, 6.07) is 26.7. The van der Waals surface area contributed by atoms with E-state index in [1.54, 1.807) is 7.11 Å². The van der Waals surface area contributed by atoms with Crippen molar-refractivity contribution in [3.63, 3.8) is 0 Å². The van der Waals surface area contributed by atoms with E-state index >= 15 is 0 Å². The fourth-order valence-corrected chi connectivity index (χ4v) is 3.84. The molecule has 4 aromatic rings. The normalized spacial score (nSPS) is 12.7. The Morgan fingerprint density at radius 1 is 0.967 bits per heavy atom. The van der Waals surface area contributed by atoms with Crippen molar-refractivity contribution in [3.8, 4) is 5.75 Å². The lowest BCUT2D eigenvalue weighted by Gasteiger charge is -2.22. The van der Waals surface area contributed by atoms with E-state index in [0.717, 1.165) is 33.4 Å². The maximum atomic E-state index is 11.0. The van der Waals surface area contributed by atoms with Crippen LogP contribution in [0.2, 0.25) is 0 Å². The zero-order chi connectivity index (χ0) is 21.1. The molecular formula is C26H23NO3. The van der Waals surface area contributed by atoms with E-state index in [-0.39, 0.29) is 6.04 Å². The second-order valence-electron chi connectivity index (χ2n) is 7.25. The molecule has 1 atom stereocenters. The van der Waals surface area contributed by atoms with Crippen LogP contribution >= 0.6 is 0 Å². The molecule has 1 unspecified atom stereocenters. The van der Waals surface area contributed by atoms with Gasteiger partial charge in [0.25, 0.3) is 0 Å². The molecule has 0 radical (unpaired) electrons. The maximum absolute atomic E-state index is 11.0. The molecule has 0 spiro atoms. The fraction of sp³-hybridized carbons (Fsp3) is 0.115. The van der Waals surface area contributed by atoms with E-state index in [4.69, 9.17) is 9.84 Å². The van der Waals surface area contributed by atoms with Crippen molar-refractivity contribution in [2.75, 3.05) is 7.11 Å². The minimum absolute atomic E-state index is 0.0103. The first-order chi connectivity index (χ1) is 14.6. The van der Waals surface area contributed by atoms with Crippen LogP contribution in [-0.4, -0.2) is 22.8 Å². The number of rotatable bonds is 6. The lowest BCUT2D eigenvalue weighted by molar-refractivity contribution is -0.131. The molecule has 1 aromatic heterocycles. The Labute approximate surface area is 175 Å². The van der Waals surface area contributed by atoms with Crippen molar-refractivity contribution in [1.82, 2.24) is 4.57 Å². The molecule has 0 saturated carbocycles. The van der Waals surface area contributed by atoms with Crippen LogP contribution in [0.3, 0.4) is 0 Å². The number of nitrogens with zero attached hydrogens (tertiary/aromatic N) is 1. The number of aromatic nitrogens is 1. The van der Waals surface area contributed by atoms with E-state index in [1.165, 1.54) is 11.6 Å². The molecule has 150 valence electrons. The zero-order valence-electron chi connectivity index (χ0n) is 16.9. The van der Waals surface area contributed by atoms with Crippen LogP contribution in [0.15, 0.2) is 91.1 Å². The Bertz CT molecular complexity index is 1200. The Balaban J connectivity index is 1.83. The first-order valence-corrected chi connectivity index (χ1v) is 9.78. The third-order valence-corrected chi connectivity index (χ3v) is 5.34. The summed E-state index contributed by atoms with van der Waals surface area (Å²) < 4.78 is 7.58. The van der Waals surface area contributed by atoms with Gasteiger partial charge in [0.15, 0.2) is 0 Å². The van der Waals surface area contributed by atoms with E-state index in [2.05, 4.69) is 59.3 Å². The molecule has 0 bridgehead atoms. The van der Waals surface area contributed by atoms with E-state index in [1.807, 2.05) is 37.3 Å². The number of carbonyl (C=O) groups is 1. The van der Waals surface area contributed by atoms with Crippen LogP contribution in [0.4, 0.5) is 0 Å². The molecule has 0 amide bonds. The number of allylic oxidation sites excluding steroid dienone is 1. The Hall–Kier alpha value is -3.79. The number of fused-ring (bicyclic) bond motifs is 1. The highest BCUT2D eigenvalue weighted by Gasteiger charge is 2.18. The summed E-state index contributed by atoms with van der Waals surface area (Å²) in [5.41, 5.74) is 5.07. The predicted octanol–water partition coefficient (Wildman–Crippen LogP) is 5.78. The SMILES string of the molecule is COc1ccc(C(c2ccccc2)n2ccc3cc(C(C)=CC(=O)O)ccc32)cc1. The number of aliphatic carboxylic acids is 1. The van der Waals surface area contributed by atoms with Crippen LogP contribution in [0, 0.1) is 0 Å². The van der Waals surface area contributed by atoms with Gasteiger partial charge in [-0.25, -0.2) is 4.79 Å². The van der Waals surface area contributed by atoms with Crippen molar-refractivity contribution < 1.29 is 14.6 Å². The first kappa shape index (κ1) is 19.5. The maximum Gasteiger partial charge on any atom is 0.328 e. The largest absolute Gasteiger partial charge is 0.497 e. The first-order valence-electron chi connectivity index (χ1n) is 9.78. The van der Waals surface area contributed by atoms with Crippen LogP contribution in [0.5, 0.6) is 5.75 Å². The number of hydrogen-bond acceptors (Lipinski definition) is 2. The number of carboxylic acids is 1. The molecule has 4 heteroatoms. The molecule has 0 aliphatic carbocycles. The van der Waals surface area contributed by atoms with E-state index in [0.29, 0.717) is 0 Å². The fourth-order valence-electron chi connectivity index (χ4n) is 3.84. The molecule has 4 rings (SSSR count). The van der Waals surface area contributed by atoms with E-state index < -0.39 is 5.97 Å². The standard InChI is InChI=1S/C26H23NO3/c1-18(16-25(28)29)21-10-13-24-22(17-21)14-15-27(24)26(19-6-4-3-5-7-19)20-8-11-23(30-2)12-9-20/h3-17,26H,1-2H3,(H,28,29). The van der Waals surface area contributed by atoms with Gasteiger partial charge in [0.05, 0.1) is 13.2 Å². The Morgan fingerprint density at radius 2 is 1.67 bits per heavy atom. The highest BCUT2D eigenvalue weighted by atomic mass is 16.5. The summed E-state index contributed by atoms with van der Waals surface area (Å²) in [4.78, 5) is 11.0. The van der Waals surface area contributed by atoms with Gasteiger partial charge in [0, 0.05) is 23.2 Å². The van der Waals surface area contributed by atoms with Crippen LogP contribution in [0.25, 0.3) is 16.5 Å². The average Bonchev–Trinajstić information content (AvgIpc) is 3.18. The third-order valence-electron chi connectivity index (χ3n) is 5.34. The summed E-state index contributed by atoms with van der Waals surface area (Å²) >= 11 is 0.